The van der Waals surface area contributed by atoms with Crippen LogP contribution in [0.5, 0.6) is 0 Å². The van der Waals surface area contributed by atoms with E-state index in [4.69, 9.17) is 0 Å². The predicted molar refractivity (Wildman–Crippen MR) is 59.7 cm³/mol. The van der Waals surface area contributed by atoms with Crippen LogP contribution in [0.15, 0.2) is 6.07 Å². The quantitative estimate of drug-likeness (QED) is 0.635. The molecule has 1 aromatic heterocycles. The van der Waals surface area contributed by atoms with Crippen LogP contribution in [0.2, 0.25) is 0 Å². The van der Waals surface area contributed by atoms with Gasteiger partial charge in [-0.15, -0.1) is 9.24 Å². The minimum atomic E-state index is 1.06. The Morgan fingerprint density at radius 2 is 2.31 bits per heavy atom. The molecule has 0 spiro atoms. The van der Waals surface area contributed by atoms with Crippen LogP contribution < -0.4 is 10.6 Å². The molecule has 3 heteroatoms. The molecule has 0 aromatic carbocycles. The first-order chi connectivity index (χ1) is 6.27. The Morgan fingerprint density at radius 1 is 1.46 bits per heavy atom. The fourth-order valence-electron chi connectivity index (χ4n) is 1.77. The zero-order valence-corrected chi connectivity index (χ0v) is 9.09. The summed E-state index contributed by atoms with van der Waals surface area (Å²) < 4.78 is 0. The highest BCUT2D eigenvalue weighted by molar-refractivity contribution is 7.27. The monoisotopic (exact) mass is 194 g/mol. The van der Waals surface area contributed by atoms with Crippen LogP contribution in [0.4, 0.5) is 5.82 Å². The number of fused-ring (bicyclic) bond motifs is 1. The number of hydrogen-bond donors (Lipinski definition) is 1. The zero-order valence-electron chi connectivity index (χ0n) is 7.93. The summed E-state index contributed by atoms with van der Waals surface area (Å²) in [4.78, 5) is 4.51. The van der Waals surface area contributed by atoms with Crippen molar-refractivity contribution in [2.24, 2.45) is 0 Å². The molecule has 13 heavy (non-hydrogen) atoms. The minimum Gasteiger partial charge on any atom is -0.370 e. The van der Waals surface area contributed by atoms with Gasteiger partial charge in [-0.3, -0.25) is 0 Å². The summed E-state index contributed by atoms with van der Waals surface area (Å²) >= 11 is 0. The van der Waals surface area contributed by atoms with E-state index in [0.717, 1.165) is 24.5 Å². The molecule has 70 valence electrons. The molecule has 1 atom stereocenters. The number of aromatic nitrogens is 1. The summed E-state index contributed by atoms with van der Waals surface area (Å²) in [6.45, 7) is 3.11. The van der Waals surface area contributed by atoms with E-state index in [0.29, 0.717) is 0 Å². The standard InChI is InChI=1S/C10H15N2P/c1-7-6-9(13)8-4-2-3-5-11-10(8)12-7/h6H,2-5,13H2,1H3,(H,11,12). The first-order valence-electron chi connectivity index (χ1n) is 4.77. The molecule has 2 heterocycles. The Kier molecular flexibility index (Phi) is 2.50. The summed E-state index contributed by atoms with van der Waals surface area (Å²) in [7, 11) is 2.81. The van der Waals surface area contributed by atoms with Crippen LogP contribution in [-0.4, -0.2) is 11.5 Å². The van der Waals surface area contributed by atoms with Crippen molar-refractivity contribution in [3.63, 3.8) is 0 Å². The second kappa shape index (κ2) is 3.63. The topological polar surface area (TPSA) is 24.9 Å². The van der Waals surface area contributed by atoms with Gasteiger partial charge >= 0.3 is 0 Å². The van der Waals surface area contributed by atoms with E-state index in [9.17, 15) is 0 Å². The number of nitrogens with one attached hydrogen (secondary N) is 1. The van der Waals surface area contributed by atoms with E-state index in [1.165, 1.54) is 23.7 Å². The largest absolute Gasteiger partial charge is 0.370 e. The van der Waals surface area contributed by atoms with Crippen LogP contribution in [0.25, 0.3) is 0 Å². The second-order valence-electron chi connectivity index (χ2n) is 3.56. The molecule has 0 saturated carbocycles. The summed E-state index contributed by atoms with van der Waals surface area (Å²) in [5, 5.41) is 4.69. The summed E-state index contributed by atoms with van der Waals surface area (Å²) in [6, 6.07) is 2.14. The van der Waals surface area contributed by atoms with E-state index in [2.05, 4.69) is 25.6 Å². The van der Waals surface area contributed by atoms with E-state index in [1.807, 2.05) is 6.92 Å². The maximum absolute atomic E-state index is 4.51. The lowest BCUT2D eigenvalue weighted by Crippen LogP contribution is -2.09. The van der Waals surface area contributed by atoms with Crippen LogP contribution >= 0.6 is 9.24 Å². The summed E-state index contributed by atoms with van der Waals surface area (Å²) in [5.74, 6) is 1.10. The Labute approximate surface area is 81.3 Å². The molecule has 2 rings (SSSR count). The highest BCUT2D eigenvalue weighted by Crippen LogP contribution is 2.19. The Balaban J connectivity index is 2.47. The maximum atomic E-state index is 4.51. The number of pyridine rings is 1. The second-order valence-corrected chi connectivity index (χ2v) is 4.19. The van der Waals surface area contributed by atoms with Gasteiger partial charge in [0.05, 0.1) is 0 Å². The van der Waals surface area contributed by atoms with Crippen molar-refractivity contribution < 1.29 is 0 Å². The number of hydrogen-bond acceptors (Lipinski definition) is 2. The van der Waals surface area contributed by atoms with Crippen LogP contribution in [0.3, 0.4) is 0 Å². The molecule has 1 N–H and O–H groups in total. The lowest BCUT2D eigenvalue weighted by molar-refractivity contribution is 0.787. The third-order valence-corrected chi connectivity index (χ3v) is 2.95. The van der Waals surface area contributed by atoms with Gasteiger partial charge in [0, 0.05) is 17.8 Å². The van der Waals surface area contributed by atoms with Gasteiger partial charge in [-0.05, 0) is 37.6 Å². The van der Waals surface area contributed by atoms with Crippen molar-refractivity contribution in [2.45, 2.75) is 26.2 Å². The van der Waals surface area contributed by atoms with Crippen LogP contribution in [0.1, 0.15) is 24.1 Å². The normalized spacial score (nSPS) is 15.8. The van der Waals surface area contributed by atoms with E-state index in [1.54, 1.807) is 0 Å². The van der Waals surface area contributed by atoms with Gasteiger partial charge in [-0.1, -0.05) is 0 Å². The Hall–Kier alpha value is -0.620. The van der Waals surface area contributed by atoms with E-state index in [-0.39, 0.29) is 0 Å². The molecule has 1 aromatic rings. The first kappa shape index (κ1) is 8.96. The van der Waals surface area contributed by atoms with Gasteiger partial charge in [0.15, 0.2) is 0 Å². The highest BCUT2D eigenvalue weighted by atomic mass is 31.0. The fraction of sp³-hybridized carbons (Fsp3) is 0.500. The summed E-state index contributed by atoms with van der Waals surface area (Å²) in [5.41, 5.74) is 2.48. The van der Waals surface area contributed by atoms with Gasteiger partial charge < -0.3 is 5.32 Å². The fourth-order valence-corrected chi connectivity index (χ4v) is 2.29. The SMILES string of the molecule is Cc1cc(P)c2c(n1)NCCCC2. The molecule has 0 aliphatic carbocycles. The molecule has 2 nitrogen and oxygen atoms in total. The molecule has 0 fully saturated rings. The van der Waals surface area contributed by atoms with Gasteiger partial charge in [-0.25, -0.2) is 4.98 Å². The molecular weight excluding hydrogens is 179 g/mol. The van der Waals surface area contributed by atoms with Crippen molar-refractivity contribution >= 4 is 20.4 Å². The lowest BCUT2D eigenvalue weighted by Gasteiger charge is -2.10. The zero-order chi connectivity index (χ0) is 9.26. The number of nitrogens with zero attached hydrogens (tertiary/aromatic N) is 1. The molecule has 1 aliphatic heterocycles. The van der Waals surface area contributed by atoms with Crippen molar-refractivity contribution in [3.8, 4) is 0 Å². The lowest BCUT2D eigenvalue weighted by atomic mass is 10.1. The Morgan fingerprint density at radius 3 is 3.15 bits per heavy atom. The van der Waals surface area contributed by atoms with Crippen molar-refractivity contribution in [2.75, 3.05) is 11.9 Å². The van der Waals surface area contributed by atoms with Crippen LogP contribution in [-0.2, 0) is 6.42 Å². The number of aryl methyl sites for hydroxylation is 1. The minimum absolute atomic E-state index is 1.06. The smallest absolute Gasteiger partial charge is 0.130 e. The predicted octanol–water partition coefficient (Wildman–Crippen LogP) is 1.64. The maximum Gasteiger partial charge on any atom is 0.130 e. The van der Waals surface area contributed by atoms with E-state index >= 15 is 0 Å². The van der Waals surface area contributed by atoms with Gasteiger partial charge in [0.1, 0.15) is 5.82 Å². The van der Waals surface area contributed by atoms with Gasteiger partial charge in [-0.2, -0.15) is 0 Å². The highest BCUT2D eigenvalue weighted by Gasteiger charge is 2.11. The van der Waals surface area contributed by atoms with Crippen molar-refractivity contribution in [3.05, 3.63) is 17.3 Å². The van der Waals surface area contributed by atoms with Crippen LogP contribution in [0, 0.1) is 6.92 Å². The third kappa shape index (κ3) is 1.83. The van der Waals surface area contributed by atoms with Crippen molar-refractivity contribution in [1.29, 1.82) is 0 Å². The number of rotatable bonds is 0. The van der Waals surface area contributed by atoms with Gasteiger partial charge in [0.25, 0.3) is 0 Å². The first-order valence-corrected chi connectivity index (χ1v) is 5.35. The average molecular weight is 194 g/mol. The third-order valence-electron chi connectivity index (χ3n) is 2.43. The molecule has 1 unspecified atom stereocenters. The summed E-state index contributed by atoms with van der Waals surface area (Å²) in [6.07, 6.45) is 3.68. The molecule has 0 bridgehead atoms. The molecular formula is C10H15N2P. The molecule has 1 aliphatic rings. The Bertz CT molecular complexity index is 323. The average Bonchev–Trinajstić information content (AvgIpc) is 2.28. The van der Waals surface area contributed by atoms with Gasteiger partial charge in [0.2, 0.25) is 0 Å². The molecule has 0 radical (unpaired) electrons. The number of anilines is 1. The molecule has 0 saturated heterocycles. The molecule has 0 amide bonds. The van der Waals surface area contributed by atoms with Crippen molar-refractivity contribution in [1.82, 2.24) is 4.98 Å². The van der Waals surface area contributed by atoms with E-state index < -0.39 is 0 Å².